The number of carboxylic acids is 1. The predicted molar refractivity (Wildman–Crippen MR) is 83.9 cm³/mol. The van der Waals surface area contributed by atoms with Crippen LogP contribution in [0.1, 0.15) is 36.7 Å². The zero-order valence-corrected chi connectivity index (χ0v) is 13.7. The van der Waals surface area contributed by atoms with E-state index in [4.69, 9.17) is 16.7 Å². The second-order valence-electron chi connectivity index (χ2n) is 5.10. The van der Waals surface area contributed by atoms with Crippen molar-refractivity contribution in [3.63, 3.8) is 0 Å². The molecule has 0 saturated heterocycles. The third-order valence-electron chi connectivity index (χ3n) is 4.39. The van der Waals surface area contributed by atoms with Crippen molar-refractivity contribution in [3.05, 3.63) is 35.4 Å². The van der Waals surface area contributed by atoms with Crippen molar-refractivity contribution in [2.24, 2.45) is 0 Å². The Morgan fingerprint density at radius 1 is 1.16 bits per heavy atom. The van der Waals surface area contributed by atoms with Crippen molar-refractivity contribution in [3.8, 4) is 0 Å². The first kappa shape index (κ1) is 16.3. The highest BCUT2D eigenvalue weighted by molar-refractivity contribution is 6.86. The van der Waals surface area contributed by atoms with Gasteiger partial charge in [0.25, 0.3) is 0 Å². The summed E-state index contributed by atoms with van der Waals surface area (Å²) in [5, 5.41) is 9.11. The summed E-state index contributed by atoms with van der Waals surface area (Å²) in [7, 11) is -1.39. The lowest BCUT2D eigenvalue weighted by Crippen LogP contribution is -2.43. The molecule has 0 bridgehead atoms. The van der Waals surface area contributed by atoms with Gasteiger partial charge in [-0.05, 0) is 24.1 Å². The van der Waals surface area contributed by atoms with E-state index in [1.807, 2.05) is 12.1 Å². The maximum absolute atomic E-state index is 10.8. The fourth-order valence-electron chi connectivity index (χ4n) is 2.62. The van der Waals surface area contributed by atoms with Gasteiger partial charge in [0.05, 0.1) is 13.6 Å². The second-order valence-corrected chi connectivity index (χ2v) is 11.5. The van der Waals surface area contributed by atoms with Gasteiger partial charge in [0.15, 0.2) is 0 Å². The molecule has 1 aromatic rings. The SMILES string of the molecule is CC[Si](CC)(CC)C(Cl)Cc1ccc(C(=O)O)cc1. The molecule has 0 amide bonds. The zero-order valence-electron chi connectivity index (χ0n) is 11.9. The predicted octanol–water partition coefficient (Wildman–Crippen LogP) is 4.58. The first-order valence-electron chi connectivity index (χ1n) is 6.95. The van der Waals surface area contributed by atoms with Gasteiger partial charge in [0.1, 0.15) is 0 Å². The lowest BCUT2D eigenvalue weighted by molar-refractivity contribution is 0.0697. The Labute approximate surface area is 121 Å². The van der Waals surface area contributed by atoms with E-state index in [2.05, 4.69) is 20.8 Å². The highest BCUT2D eigenvalue weighted by atomic mass is 35.5. The maximum atomic E-state index is 10.8. The van der Waals surface area contributed by atoms with Crippen LogP contribution in [0.4, 0.5) is 0 Å². The van der Waals surface area contributed by atoms with Crippen LogP contribution < -0.4 is 0 Å². The maximum Gasteiger partial charge on any atom is 0.335 e. The number of benzene rings is 1. The molecule has 1 aromatic carbocycles. The average molecular weight is 299 g/mol. The molecule has 0 aliphatic rings. The smallest absolute Gasteiger partial charge is 0.335 e. The van der Waals surface area contributed by atoms with Crippen LogP contribution in [0.25, 0.3) is 0 Å². The standard InChI is InChI=1S/C15H23ClO2Si/c1-4-19(5-2,6-3)14(16)11-12-7-9-13(10-8-12)15(17)18/h7-10,14H,4-6,11H2,1-3H3,(H,17,18). The van der Waals surface area contributed by atoms with Crippen LogP contribution in [0.3, 0.4) is 0 Å². The number of alkyl halides is 1. The number of aromatic carboxylic acids is 1. The Bertz CT molecular complexity index is 404. The highest BCUT2D eigenvalue weighted by Gasteiger charge is 2.34. The molecule has 0 fully saturated rings. The minimum absolute atomic E-state index is 0.225. The number of carboxylic acid groups (broad SMARTS) is 1. The number of rotatable bonds is 7. The molecule has 0 saturated carbocycles. The molecule has 19 heavy (non-hydrogen) atoms. The molecule has 0 radical (unpaired) electrons. The second kappa shape index (κ2) is 7.11. The average Bonchev–Trinajstić information content (AvgIpc) is 2.42. The molecule has 1 rings (SSSR count). The first-order chi connectivity index (χ1) is 8.99. The fourth-order valence-corrected chi connectivity index (χ4v) is 7.69. The Hall–Kier alpha value is -0.803. The number of halogens is 1. The Morgan fingerprint density at radius 2 is 1.63 bits per heavy atom. The van der Waals surface area contributed by atoms with E-state index < -0.39 is 14.0 Å². The lowest BCUT2D eigenvalue weighted by Gasteiger charge is -2.33. The third-order valence-corrected chi connectivity index (χ3v) is 11.7. The number of carbonyl (C=O) groups is 1. The molecule has 1 unspecified atom stereocenters. The quantitative estimate of drug-likeness (QED) is 0.591. The molecule has 0 spiro atoms. The normalized spacial score (nSPS) is 13.3. The van der Waals surface area contributed by atoms with Crippen LogP contribution in [0.15, 0.2) is 24.3 Å². The van der Waals surface area contributed by atoms with E-state index in [9.17, 15) is 4.79 Å². The van der Waals surface area contributed by atoms with E-state index in [0.29, 0.717) is 5.56 Å². The van der Waals surface area contributed by atoms with E-state index in [0.717, 1.165) is 12.0 Å². The summed E-state index contributed by atoms with van der Waals surface area (Å²) < 4.78 is 0. The number of hydrogen-bond donors (Lipinski definition) is 1. The zero-order chi connectivity index (χ0) is 14.5. The summed E-state index contributed by atoms with van der Waals surface area (Å²) in [5.74, 6) is -0.881. The third kappa shape index (κ3) is 3.83. The van der Waals surface area contributed by atoms with Crippen molar-refractivity contribution in [1.29, 1.82) is 0 Å². The highest BCUT2D eigenvalue weighted by Crippen LogP contribution is 2.30. The van der Waals surface area contributed by atoms with Crippen LogP contribution in [-0.4, -0.2) is 24.2 Å². The largest absolute Gasteiger partial charge is 0.478 e. The molecule has 0 heterocycles. The van der Waals surface area contributed by atoms with Crippen LogP contribution in [0.5, 0.6) is 0 Å². The molecule has 106 valence electrons. The summed E-state index contributed by atoms with van der Waals surface area (Å²) in [5.41, 5.74) is 1.47. The van der Waals surface area contributed by atoms with Gasteiger partial charge in [-0.1, -0.05) is 51.0 Å². The summed E-state index contributed by atoms with van der Waals surface area (Å²) in [6, 6.07) is 10.7. The van der Waals surface area contributed by atoms with Gasteiger partial charge in [-0.25, -0.2) is 4.79 Å². The summed E-state index contributed by atoms with van der Waals surface area (Å²) in [6.07, 6.45) is 0.850. The molecule has 1 N–H and O–H groups in total. The van der Waals surface area contributed by atoms with Crippen molar-refractivity contribution in [1.82, 2.24) is 0 Å². The molecule has 4 heteroatoms. The summed E-state index contributed by atoms with van der Waals surface area (Å²) >= 11 is 6.69. The molecular weight excluding hydrogens is 276 g/mol. The van der Waals surface area contributed by atoms with E-state index in [1.54, 1.807) is 12.1 Å². The topological polar surface area (TPSA) is 37.3 Å². The van der Waals surface area contributed by atoms with E-state index in [-0.39, 0.29) is 5.00 Å². The fraction of sp³-hybridized carbons (Fsp3) is 0.533. The Balaban J connectivity index is 2.81. The molecule has 2 nitrogen and oxygen atoms in total. The van der Waals surface area contributed by atoms with Gasteiger partial charge < -0.3 is 5.11 Å². The summed E-state index contributed by atoms with van der Waals surface area (Å²) in [4.78, 5) is 10.8. The van der Waals surface area contributed by atoms with E-state index in [1.165, 1.54) is 18.1 Å². The van der Waals surface area contributed by atoms with Gasteiger partial charge in [0, 0.05) is 5.00 Å². The van der Waals surface area contributed by atoms with Crippen molar-refractivity contribution in [2.45, 2.75) is 50.3 Å². The van der Waals surface area contributed by atoms with Crippen LogP contribution in [0.2, 0.25) is 18.1 Å². The molecule has 0 aromatic heterocycles. The van der Waals surface area contributed by atoms with Gasteiger partial charge in [0.2, 0.25) is 0 Å². The lowest BCUT2D eigenvalue weighted by atomic mass is 10.1. The minimum atomic E-state index is -1.39. The van der Waals surface area contributed by atoms with Crippen LogP contribution >= 0.6 is 11.6 Å². The minimum Gasteiger partial charge on any atom is -0.478 e. The van der Waals surface area contributed by atoms with Crippen LogP contribution in [-0.2, 0) is 6.42 Å². The Kier molecular flexibility index (Phi) is 6.08. The van der Waals surface area contributed by atoms with Gasteiger partial charge in [-0.15, -0.1) is 11.6 Å². The van der Waals surface area contributed by atoms with Crippen molar-refractivity contribution in [2.75, 3.05) is 0 Å². The Morgan fingerprint density at radius 3 is 2.00 bits per heavy atom. The monoisotopic (exact) mass is 298 g/mol. The first-order valence-corrected chi connectivity index (χ1v) is 10.1. The van der Waals surface area contributed by atoms with Crippen molar-refractivity contribution >= 4 is 25.6 Å². The van der Waals surface area contributed by atoms with E-state index >= 15 is 0 Å². The molecule has 0 aliphatic carbocycles. The van der Waals surface area contributed by atoms with Gasteiger partial charge in [-0.3, -0.25) is 0 Å². The molecular formula is C15H23ClO2Si. The number of hydrogen-bond acceptors (Lipinski definition) is 1. The van der Waals surface area contributed by atoms with Crippen LogP contribution in [0, 0.1) is 0 Å². The van der Waals surface area contributed by atoms with Crippen molar-refractivity contribution < 1.29 is 9.90 Å². The van der Waals surface area contributed by atoms with Gasteiger partial charge in [-0.2, -0.15) is 0 Å². The molecule has 0 aliphatic heterocycles. The molecule has 1 atom stereocenters. The summed E-state index contributed by atoms with van der Waals surface area (Å²) in [6.45, 7) is 6.76. The van der Waals surface area contributed by atoms with Gasteiger partial charge >= 0.3 is 5.97 Å².